The van der Waals surface area contributed by atoms with Crippen LogP contribution in [0.5, 0.6) is 0 Å². The fourth-order valence-corrected chi connectivity index (χ4v) is 2.26. The minimum absolute atomic E-state index is 0.457. The number of hydrogen-bond acceptors (Lipinski definition) is 5. The molecule has 1 heterocycles. The zero-order chi connectivity index (χ0) is 12.2. The van der Waals surface area contributed by atoms with E-state index >= 15 is 0 Å². The van der Waals surface area contributed by atoms with E-state index in [2.05, 4.69) is 29.1 Å². The van der Waals surface area contributed by atoms with Gasteiger partial charge < -0.3 is 5.41 Å². The summed E-state index contributed by atoms with van der Waals surface area (Å²) in [7, 11) is 5.70. The highest BCUT2D eigenvalue weighted by Crippen LogP contribution is 2.25. The first-order valence-electron chi connectivity index (χ1n) is 5.77. The molecule has 0 atom stereocenters. The first-order valence-corrected chi connectivity index (χ1v) is 5.77. The van der Waals surface area contributed by atoms with E-state index in [-0.39, 0.29) is 0 Å². The van der Waals surface area contributed by atoms with Crippen LogP contribution in [0.1, 0.15) is 19.8 Å². The van der Waals surface area contributed by atoms with Crippen molar-refractivity contribution in [1.82, 2.24) is 21.1 Å². The van der Waals surface area contributed by atoms with Gasteiger partial charge in [-0.25, -0.2) is 5.01 Å². The molecule has 0 saturated heterocycles. The fourth-order valence-electron chi connectivity index (χ4n) is 2.26. The zero-order valence-corrected chi connectivity index (χ0v) is 10.6. The normalized spacial score (nSPS) is 19.9. The summed E-state index contributed by atoms with van der Waals surface area (Å²) in [6.45, 7) is 2.89. The van der Waals surface area contributed by atoms with Crippen LogP contribution < -0.4 is 16.1 Å². The Balaban J connectivity index is 2.96. The molecule has 0 bridgehead atoms. The molecule has 0 amide bonds. The number of hydrazine groups is 1. The molecule has 16 heavy (non-hydrogen) atoms. The van der Waals surface area contributed by atoms with E-state index in [4.69, 9.17) is 5.41 Å². The third-order valence-corrected chi connectivity index (χ3v) is 3.09. The van der Waals surface area contributed by atoms with Gasteiger partial charge in [0.2, 0.25) is 0 Å². The lowest BCUT2D eigenvalue weighted by Gasteiger charge is -2.40. The highest BCUT2D eigenvalue weighted by Gasteiger charge is 2.42. The first-order chi connectivity index (χ1) is 7.66. The maximum absolute atomic E-state index is 8.11. The van der Waals surface area contributed by atoms with E-state index < -0.39 is 5.79 Å². The maximum atomic E-state index is 8.11. The Morgan fingerprint density at radius 3 is 2.50 bits per heavy atom. The molecular formula is C11H23N5. The highest BCUT2D eigenvalue weighted by molar-refractivity contribution is 6.00. The highest BCUT2D eigenvalue weighted by atomic mass is 15.6. The lowest BCUT2D eigenvalue weighted by molar-refractivity contribution is 0.0596. The Morgan fingerprint density at radius 1 is 1.44 bits per heavy atom. The van der Waals surface area contributed by atoms with Gasteiger partial charge in [0, 0.05) is 17.8 Å². The van der Waals surface area contributed by atoms with Crippen LogP contribution in [0, 0.1) is 5.41 Å². The van der Waals surface area contributed by atoms with Crippen LogP contribution in [-0.4, -0.2) is 44.2 Å². The van der Waals surface area contributed by atoms with Gasteiger partial charge in [-0.3, -0.25) is 16.1 Å². The van der Waals surface area contributed by atoms with Gasteiger partial charge in [0.1, 0.15) is 0 Å². The molecular weight excluding hydrogens is 202 g/mol. The molecule has 92 valence electrons. The third-order valence-electron chi connectivity index (χ3n) is 3.09. The van der Waals surface area contributed by atoms with E-state index in [1.165, 1.54) is 0 Å². The van der Waals surface area contributed by atoms with Gasteiger partial charge in [0.15, 0.2) is 5.79 Å². The summed E-state index contributed by atoms with van der Waals surface area (Å²) in [6, 6.07) is 0. The molecule has 1 aliphatic heterocycles. The van der Waals surface area contributed by atoms with Gasteiger partial charge in [-0.1, -0.05) is 19.4 Å². The van der Waals surface area contributed by atoms with Gasteiger partial charge >= 0.3 is 0 Å². The predicted octanol–water partition coefficient (Wildman–Crippen LogP) is 0.275. The number of nitrogens with one attached hydrogen (secondary N) is 4. The van der Waals surface area contributed by atoms with Crippen LogP contribution in [0.2, 0.25) is 0 Å². The van der Waals surface area contributed by atoms with Gasteiger partial charge in [-0.15, -0.1) is 0 Å². The first kappa shape index (κ1) is 13.3. The SMILES string of the molecule is CCCC(=N)C1=CCN(NC)C1(NC)NC. The number of hydrogen-bond donors (Lipinski definition) is 4. The van der Waals surface area contributed by atoms with Crippen LogP contribution in [0.15, 0.2) is 11.6 Å². The van der Waals surface area contributed by atoms with Crippen molar-refractivity contribution in [3.05, 3.63) is 11.6 Å². The molecule has 0 aliphatic carbocycles. The molecule has 0 spiro atoms. The molecule has 5 nitrogen and oxygen atoms in total. The van der Waals surface area contributed by atoms with Gasteiger partial charge in [0.05, 0.1) is 0 Å². The number of nitrogens with zero attached hydrogens (tertiary/aromatic N) is 1. The molecule has 0 aromatic carbocycles. The molecule has 0 saturated carbocycles. The van der Waals surface area contributed by atoms with Crippen LogP contribution in [0.3, 0.4) is 0 Å². The predicted molar refractivity (Wildman–Crippen MR) is 67.3 cm³/mol. The van der Waals surface area contributed by atoms with Crippen LogP contribution in [0.4, 0.5) is 0 Å². The second-order valence-corrected chi connectivity index (χ2v) is 3.89. The van der Waals surface area contributed by atoms with E-state index in [0.717, 1.165) is 25.0 Å². The summed E-state index contributed by atoms with van der Waals surface area (Å²) < 4.78 is 0. The van der Waals surface area contributed by atoms with Crippen molar-refractivity contribution in [1.29, 1.82) is 5.41 Å². The fraction of sp³-hybridized carbons (Fsp3) is 0.727. The third kappa shape index (κ3) is 2.04. The Hall–Kier alpha value is -0.750. The summed E-state index contributed by atoms with van der Waals surface area (Å²) >= 11 is 0. The lowest BCUT2D eigenvalue weighted by Crippen LogP contribution is -2.68. The molecule has 0 unspecified atom stereocenters. The molecule has 0 fully saturated rings. The summed E-state index contributed by atoms with van der Waals surface area (Å²) in [5, 5.41) is 16.7. The molecule has 4 N–H and O–H groups in total. The summed E-state index contributed by atoms with van der Waals surface area (Å²) in [5.74, 6) is -0.457. The van der Waals surface area contributed by atoms with E-state index in [9.17, 15) is 0 Å². The summed E-state index contributed by atoms with van der Waals surface area (Å²) in [5.41, 5.74) is 4.86. The largest absolute Gasteiger partial charge is 0.305 e. The van der Waals surface area contributed by atoms with E-state index in [1.54, 1.807) is 0 Å². The molecule has 0 aromatic rings. The van der Waals surface area contributed by atoms with Crippen molar-refractivity contribution in [2.45, 2.75) is 25.6 Å². The van der Waals surface area contributed by atoms with Gasteiger partial charge in [-0.05, 0) is 27.6 Å². The molecule has 0 radical (unpaired) electrons. The Labute approximate surface area is 97.8 Å². The molecule has 5 heteroatoms. The van der Waals surface area contributed by atoms with Gasteiger partial charge in [-0.2, -0.15) is 0 Å². The minimum Gasteiger partial charge on any atom is -0.305 e. The zero-order valence-electron chi connectivity index (χ0n) is 10.6. The van der Waals surface area contributed by atoms with Crippen molar-refractivity contribution in [2.75, 3.05) is 27.7 Å². The smallest absolute Gasteiger partial charge is 0.167 e. The van der Waals surface area contributed by atoms with Crippen LogP contribution >= 0.6 is 0 Å². The van der Waals surface area contributed by atoms with Crippen molar-refractivity contribution in [3.8, 4) is 0 Å². The van der Waals surface area contributed by atoms with Gasteiger partial charge in [0.25, 0.3) is 0 Å². The minimum atomic E-state index is -0.457. The standard InChI is InChI=1S/C11H23N5/c1-5-6-10(12)9-7-8-16(15-4)11(9,13-2)14-3/h7,12-15H,5-6,8H2,1-4H3. The van der Waals surface area contributed by atoms with Crippen molar-refractivity contribution in [2.24, 2.45) is 0 Å². The average molecular weight is 225 g/mol. The quantitative estimate of drug-likeness (QED) is 0.387. The molecule has 1 rings (SSSR count). The van der Waals surface area contributed by atoms with Crippen LogP contribution in [-0.2, 0) is 0 Å². The summed E-state index contributed by atoms with van der Waals surface area (Å²) in [6.07, 6.45) is 3.91. The molecule has 1 aliphatic rings. The van der Waals surface area contributed by atoms with E-state index in [0.29, 0.717) is 5.71 Å². The monoisotopic (exact) mass is 225 g/mol. The van der Waals surface area contributed by atoms with Crippen LogP contribution in [0.25, 0.3) is 0 Å². The Morgan fingerprint density at radius 2 is 2.06 bits per heavy atom. The lowest BCUT2D eigenvalue weighted by atomic mass is 10.0. The number of rotatable bonds is 6. The van der Waals surface area contributed by atoms with Crippen molar-refractivity contribution < 1.29 is 0 Å². The Kier molecular flexibility index (Phi) is 4.61. The van der Waals surface area contributed by atoms with Crippen molar-refractivity contribution >= 4 is 5.71 Å². The van der Waals surface area contributed by atoms with Crippen molar-refractivity contribution in [3.63, 3.8) is 0 Å². The maximum Gasteiger partial charge on any atom is 0.167 e. The second kappa shape index (κ2) is 5.54. The van der Waals surface area contributed by atoms with E-state index in [1.807, 2.05) is 26.2 Å². The average Bonchev–Trinajstić information content (AvgIpc) is 2.67. The molecule has 0 aromatic heterocycles. The summed E-state index contributed by atoms with van der Waals surface area (Å²) in [4.78, 5) is 0. The second-order valence-electron chi connectivity index (χ2n) is 3.89. The topological polar surface area (TPSA) is 63.2 Å². The number of likely N-dealkylation sites (N-methyl/N-ethyl adjacent to an activating group) is 2. The Bertz CT molecular complexity index is 280.